The van der Waals surface area contributed by atoms with Gasteiger partial charge in [-0.2, -0.15) is 5.26 Å². The first kappa shape index (κ1) is 17.2. The summed E-state index contributed by atoms with van der Waals surface area (Å²) in [5.41, 5.74) is 1.87. The van der Waals surface area contributed by atoms with E-state index >= 15 is 0 Å². The Morgan fingerprint density at radius 1 is 1.30 bits per heavy atom. The molecule has 2 aromatic carbocycles. The first-order valence-corrected chi connectivity index (χ1v) is 7.96. The van der Waals surface area contributed by atoms with Crippen LogP contribution in [0.2, 0.25) is 5.02 Å². The van der Waals surface area contributed by atoms with E-state index in [0.29, 0.717) is 21.1 Å². The monoisotopic (exact) mass is 347 g/mol. The Morgan fingerprint density at radius 3 is 2.65 bits per heavy atom. The van der Waals surface area contributed by atoms with E-state index in [-0.39, 0.29) is 5.82 Å². The maximum absolute atomic E-state index is 13.6. The highest BCUT2D eigenvalue weighted by Gasteiger charge is 2.08. The summed E-state index contributed by atoms with van der Waals surface area (Å²) < 4.78 is 16.6. The van der Waals surface area contributed by atoms with Gasteiger partial charge in [-0.1, -0.05) is 29.8 Å². The minimum atomic E-state index is -0.284. The average Bonchev–Trinajstić information content (AvgIpc) is 2.52. The summed E-state index contributed by atoms with van der Waals surface area (Å²) >= 11 is 7.43. The fraction of sp³-hybridized carbons (Fsp3) is 0.118. The zero-order valence-corrected chi connectivity index (χ0v) is 14.2. The molecule has 1 N–H and O–H groups in total. The van der Waals surface area contributed by atoms with Gasteiger partial charge in [-0.3, -0.25) is 0 Å². The highest BCUT2D eigenvalue weighted by Crippen LogP contribution is 2.30. The van der Waals surface area contributed by atoms with Crippen LogP contribution >= 0.6 is 23.5 Å². The molecule has 118 valence electrons. The number of nitrogens with one attached hydrogen (secondary N) is 1. The predicted molar refractivity (Wildman–Crippen MR) is 94.6 cm³/mol. The molecular weight excluding hydrogens is 333 g/mol. The second-order valence-electron chi connectivity index (χ2n) is 4.95. The van der Waals surface area contributed by atoms with Crippen LogP contribution in [0.1, 0.15) is 5.56 Å². The number of nitriles is 1. The molecule has 0 radical (unpaired) electrons. The van der Waals surface area contributed by atoms with Crippen molar-refractivity contribution in [3.8, 4) is 6.07 Å². The van der Waals surface area contributed by atoms with Gasteiger partial charge < -0.3 is 9.62 Å². The molecule has 0 fully saturated rings. The number of hydrogen-bond donors (Lipinski definition) is 1. The maximum atomic E-state index is 13.6. The first-order chi connectivity index (χ1) is 11.0. The third-order valence-corrected chi connectivity index (χ3v) is 4.08. The van der Waals surface area contributed by atoms with Gasteiger partial charge in [-0.15, -0.1) is 0 Å². The highest BCUT2D eigenvalue weighted by atomic mass is 35.5. The van der Waals surface area contributed by atoms with Crippen molar-refractivity contribution in [3.05, 3.63) is 65.1 Å². The first-order valence-electron chi connectivity index (χ1n) is 6.77. The SMILES string of the molecule is CN(C)/C=C(\C#N)c1ccc(NSc2ccccc2F)cc1Cl. The molecule has 0 spiro atoms. The summed E-state index contributed by atoms with van der Waals surface area (Å²) in [6.45, 7) is 0. The van der Waals surface area contributed by atoms with Crippen LogP contribution in [-0.2, 0) is 0 Å². The van der Waals surface area contributed by atoms with Crippen LogP contribution in [0, 0.1) is 17.1 Å². The van der Waals surface area contributed by atoms with Crippen LogP contribution in [0.5, 0.6) is 0 Å². The van der Waals surface area contributed by atoms with Gasteiger partial charge >= 0.3 is 0 Å². The van der Waals surface area contributed by atoms with Gasteiger partial charge in [-0.05, 0) is 36.2 Å². The molecule has 0 saturated carbocycles. The molecule has 0 aliphatic heterocycles. The third kappa shape index (κ3) is 4.65. The molecule has 0 saturated heterocycles. The maximum Gasteiger partial charge on any atom is 0.138 e. The Bertz CT molecular complexity index is 769. The van der Waals surface area contributed by atoms with Crippen LogP contribution in [0.25, 0.3) is 5.57 Å². The summed E-state index contributed by atoms with van der Waals surface area (Å²) in [6.07, 6.45) is 1.71. The van der Waals surface area contributed by atoms with E-state index in [4.69, 9.17) is 11.6 Å². The van der Waals surface area contributed by atoms with Gasteiger partial charge in [0.2, 0.25) is 0 Å². The molecule has 2 aromatic rings. The second-order valence-corrected chi connectivity index (χ2v) is 6.20. The van der Waals surface area contributed by atoms with E-state index < -0.39 is 0 Å². The van der Waals surface area contributed by atoms with Crippen LogP contribution in [0.3, 0.4) is 0 Å². The Kier molecular flexibility index (Phi) is 5.91. The molecule has 2 rings (SSSR count). The standard InChI is InChI=1S/C17H15ClFN3S/c1-22(2)11-12(10-20)14-8-7-13(9-15(14)18)21-23-17-6-4-3-5-16(17)19/h3-9,11,21H,1-2H3/b12-11+. The lowest BCUT2D eigenvalue weighted by atomic mass is 10.1. The minimum absolute atomic E-state index is 0.284. The molecule has 0 aliphatic rings. The van der Waals surface area contributed by atoms with E-state index in [1.54, 1.807) is 47.5 Å². The molecule has 0 unspecified atom stereocenters. The molecular formula is C17H15ClFN3S. The second kappa shape index (κ2) is 7.91. The lowest BCUT2D eigenvalue weighted by molar-refractivity contribution is 0.566. The van der Waals surface area contributed by atoms with E-state index in [1.165, 1.54) is 18.0 Å². The average molecular weight is 348 g/mol. The number of halogens is 2. The molecule has 0 amide bonds. The van der Waals surface area contributed by atoms with Crippen molar-refractivity contribution in [2.45, 2.75) is 4.90 Å². The fourth-order valence-electron chi connectivity index (χ4n) is 1.86. The molecule has 23 heavy (non-hydrogen) atoms. The number of benzene rings is 2. The van der Waals surface area contributed by atoms with Crippen LogP contribution < -0.4 is 4.72 Å². The zero-order valence-electron chi connectivity index (χ0n) is 12.7. The predicted octanol–water partition coefficient (Wildman–Crippen LogP) is 5.02. The van der Waals surface area contributed by atoms with E-state index in [2.05, 4.69) is 10.8 Å². The quantitative estimate of drug-likeness (QED) is 0.608. The van der Waals surface area contributed by atoms with Crippen molar-refractivity contribution in [1.82, 2.24) is 4.90 Å². The Morgan fingerprint density at radius 2 is 2.04 bits per heavy atom. The number of anilines is 1. The van der Waals surface area contributed by atoms with Crippen LogP contribution in [-0.4, -0.2) is 19.0 Å². The van der Waals surface area contributed by atoms with Crippen molar-refractivity contribution in [3.63, 3.8) is 0 Å². The van der Waals surface area contributed by atoms with Crippen molar-refractivity contribution in [1.29, 1.82) is 5.26 Å². The molecule has 6 heteroatoms. The summed E-state index contributed by atoms with van der Waals surface area (Å²) in [4.78, 5) is 2.28. The van der Waals surface area contributed by atoms with Crippen molar-refractivity contribution >= 4 is 34.8 Å². The van der Waals surface area contributed by atoms with Crippen LogP contribution in [0.4, 0.5) is 10.1 Å². The summed E-state index contributed by atoms with van der Waals surface area (Å²) in [7, 11) is 3.68. The number of allylic oxidation sites excluding steroid dienone is 1. The topological polar surface area (TPSA) is 39.1 Å². The largest absolute Gasteiger partial charge is 0.382 e. The minimum Gasteiger partial charge on any atom is -0.382 e. The molecule has 0 heterocycles. The van der Waals surface area contributed by atoms with Crippen molar-refractivity contribution < 1.29 is 4.39 Å². The lowest BCUT2D eigenvalue weighted by Gasteiger charge is -2.10. The molecule has 0 bridgehead atoms. The number of hydrogen-bond acceptors (Lipinski definition) is 4. The summed E-state index contributed by atoms with van der Waals surface area (Å²) in [5, 5.41) is 9.70. The summed E-state index contributed by atoms with van der Waals surface area (Å²) in [6, 6.07) is 13.9. The van der Waals surface area contributed by atoms with E-state index in [0.717, 1.165) is 5.69 Å². The molecule has 0 aromatic heterocycles. The smallest absolute Gasteiger partial charge is 0.138 e. The van der Waals surface area contributed by atoms with Crippen LogP contribution in [0.15, 0.2) is 53.6 Å². The lowest BCUT2D eigenvalue weighted by Crippen LogP contribution is -2.02. The molecule has 0 atom stereocenters. The third-order valence-electron chi connectivity index (χ3n) is 2.88. The van der Waals surface area contributed by atoms with Gasteiger partial charge in [-0.25, -0.2) is 4.39 Å². The Hall–Kier alpha value is -2.16. The van der Waals surface area contributed by atoms with Gasteiger partial charge in [0.25, 0.3) is 0 Å². The molecule has 0 aliphatic carbocycles. The highest BCUT2D eigenvalue weighted by molar-refractivity contribution is 8.00. The Labute approximate surface area is 144 Å². The van der Waals surface area contributed by atoms with Crippen molar-refractivity contribution in [2.24, 2.45) is 0 Å². The normalized spacial score (nSPS) is 11.0. The number of nitrogens with zero attached hydrogens (tertiary/aromatic N) is 2. The molecule has 3 nitrogen and oxygen atoms in total. The number of rotatable bonds is 5. The fourth-order valence-corrected chi connectivity index (χ4v) is 2.80. The summed E-state index contributed by atoms with van der Waals surface area (Å²) in [5.74, 6) is -0.284. The van der Waals surface area contributed by atoms with E-state index in [1.807, 2.05) is 14.1 Å². The van der Waals surface area contributed by atoms with Crippen molar-refractivity contribution in [2.75, 3.05) is 18.8 Å². The van der Waals surface area contributed by atoms with Gasteiger partial charge in [0.1, 0.15) is 11.9 Å². The Balaban J connectivity index is 2.17. The van der Waals surface area contributed by atoms with Gasteiger partial charge in [0.15, 0.2) is 0 Å². The zero-order chi connectivity index (χ0) is 16.8. The van der Waals surface area contributed by atoms with E-state index in [9.17, 15) is 9.65 Å². The van der Waals surface area contributed by atoms with Gasteiger partial charge in [0.05, 0.1) is 15.5 Å². The van der Waals surface area contributed by atoms with Gasteiger partial charge in [0, 0.05) is 31.5 Å².